The standard InChI is InChI=1S/C10H19NO2/c1-2-10(7-11,9(12)13)6-5-8-3-4-8/h8H,2-7,11H2,1H3,(H,12,13). The lowest BCUT2D eigenvalue weighted by atomic mass is 9.80. The Balaban J connectivity index is 2.47. The van der Waals surface area contributed by atoms with Crippen LogP contribution in [0.1, 0.15) is 39.0 Å². The van der Waals surface area contributed by atoms with Gasteiger partial charge >= 0.3 is 5.97 Å². The number of carbonyl (C=O) groups is 1. The molecule has 0 aromatic rings. The average Bonchev–Trinajstić information content (AvgIpc) is 2.90. The summed E-state index contributed by atoms with van der Waals surface area (Å²) in [7, 11) is 0. The predicted octanol–water partition coefficient (Wildman–Crippen LogP) is 1.62. The predicted molar refractivity (Wildman–Crippen MR) is 51.4 cm³/mol. The van der Waals surface area contributed by atoms with Gasteiger partial charge < -0.3 is 10.8 Å². The van der Waals surface area contributed by atoms with Crippen molar-refractivity contribution in [2.45, 2.75) is 39.0 Å². The van der Waals surface area contributed by atoms with Crippen molar-refractivity contribution in [2.75, 3.05) is 6.54 Å². The first-order chi connectivity index (χ1) is 6.14. The SMILES string of the molecule is CCC(CN)(CCC1CC1)C(=O)O. The molecule has 0 aromatic heterocycles. The minimum atomic E-state index is -0.724. The summed E-state index contributed by atoms with van der Waals surface area (Å²) >= 11 is 0. The van der Waals surface area contributed by atoms with Gasteiger partial charge in [-0.3, -0.25) is 4.79 Å². The first kappa shape index (κ1) is 10.5. The van der Waals surface area contributed by atoms with Crippen LogP contribution in [0.25, 0.3) is 0 Å². The normalized spacial score (nSPS) is 21.1. The van der Waals surface area contributed by atoms with Gasteiger partial charge in [-0.1, -0.05) is 19.8 Å². The molecule has 0 amide bonds. The fourth-order valence-corrected chi connectivity index (χ4v) is 1.66. The van der Waals surface area contributed by atoms with Crippen LogP contribution in [0.5, 0.6) is 0 Å². The number of hydrogen-bond donors (Lipinski definition) is 2. The van der Waals surface area contributed by atoms with Gasteiger partial charge in [-0.2, -0.15) is 0 Å². The van der Waals surface area contributed by atoms with Gasteiger partial charge in [0.2, 0.25) is 0 Å². The molecule has 3 heteroatoms. The van der Waals surface area contributed by atoms with Gasteiger partial charge in [0, 0.05) is 6.54 Å². The van der Waals surface area contributed by atoms with E-state index in [0.717, 1.165) is 18.8 Å². The summed E-state index contributed by atoms with van der Waals surface area (Å²) < 4.78 is 0. The van der Waals surface area contributed by atoms with E-state index >= 15 is 0 Å². The number of nitrogens with two attached hydrogens (primary N) is 1. The summed E-state index contributed by atoms with van der Waals surface area (Å²) in [5.74, 6) is 0.0648. The van der Waals surface area contributed by atoms with Gasteiger partial charge in [0.05, 0.1) is 5.41 Å². The Bertz CT molecular complexity index is 183. The van der Waals surface area contributed by atoms with E-state index in [2.05, 4.69) is 0 Å². The lowest BCUT2D eigenvalue weighted by Crippen LogP contribution is -2.38. The van der Waals surface area contributed by atoms with Crippen LogP contribution in [0.3, 0.4) is 0 Å². The van der Waals surface area contributed by atoms with E-state index in [4.69, 9.17) is 10.8 Å². The highest BCUT2D eigenvalue weighted by Gasteiger charge is 2.36. The second kappa shape index (κ2) is 4.09. The van der Waals surface area contributed by atoms with E-state index in [1.807, 2.05) is 6.92 Å². The highest BCUT2D eigenvalue weighted by atomic mass is 16.4. The largest absolute Gasteiger partial charge is 0.481 e. The third-order valence-electron chi connectivity index (χ3n) is 3.25. The van der Waals surface area contributed by atoms with E-state index in [9.17, 15) is 4.79 Å². The summed E-state index contributed by atoms with van der Waals surface area (Å²) in [4.78, 5) is 11.0. The van der Waals surface area contributed by atoms with Crippen molar-refractivity contribution in [1.29, 1.82) is 0 Å². The van der Waals surface area contributed by atoms with Gasteiger partial charge in [-0.05, 0) is 25.2 Å². The maximum Gasteiger partial charge on any atom is 0.310 e. The van der Waals surface area contributed by atoms with Crippen molar-refractivity contribution < 1.29 is 9.90 Å². The van der Waals surface area contributed by atoms with Crippen LogP contribution in [0.2, 0.25) is 0 Å². The second-order valence-corrected chi connectivity index (χ2v) is 4.13. The maximum absolute atomic E-state index is 11.0. The Morgan fingerprint density at radius 1 is 1.62 bits per heavy atom. The Hall–Kier alpha value is -0.570. The molecule has 1 atom stereocenters. The summed E-state index contributed by atoms with van der Waals surface area (Å²) in [6.07, 6.45) is 5.00. The molecule has 3 nitrogen and oxygen atoms in total. The first-order valence-corrected chi connectivity index (χ1v) is 5.08. The molecule has 0 spiro atoms. The molecule has 1 fully saturated rings. The molecule has 1 unspecified atom stereocenters. The van der Waals surface area contributed by atoms with E-state index in [0.29, 0.717) is 6.42 Å². The smallest absolute Gasteiger partial charge is 0.310 e. The van der Waals surface area contributed by atoms with Crippen molar-refractivity contribution in [3.63, 3.8) is 0 Å². The van der Waals surface area contributed by atoms with Gasteiger partial charge in [-0.15, -0.1) is 0 Å². The minimum Gasteiger partial charge on any atom is -0.481 e. The molecular weight excluding hydrogens is 166 g/mol. The zero-order chi connectivity index (χ0) is 9.90. The molecule has 1 aliphatic carbocycles. The fourth-order valence-electron chi connectivity index (χ4n) is 1.66. The van der Waals surface area contributed by atoms with Crippen molar-refractivity contribution in [3.8, 4) is 0 Å². The molecule has 1 saturated carbocycles. The Morgan fingerprint density at radius 2 is 2.23 bits per heavy atom. The summed E-state index contributed by atoms with van der Waals surface area (Å²) in [5.41, 5.74) is 4.89. The van der Waals surface area contributed by atoms with Crippen molar-refractivity contribution >= 4 is 5.97 Å². The molecule has 0 aromatic carbocycles. The lowest BCUT2D eigenvalue weighted by Gasteiger charge is -2.26. The zero-order valence-electron chi connectivity index (χ0n) is 8.25. The Labute approximate surface area is 79.3 Å². The summed E-state index contributed by atoms with van der Waals surface area (Å²) in [5, 5.41) is 9.08. The molecule has 3 N–H and O–H groups in total. The van der Waals surface area contributed by atoms with Crippen molar-refractivity contribution in [3.05, 3.63) is 0 Å². The summed E-state index contributed by atoms with van der Waals surface area (Å²) in [6.45, 7) is 2.18. The van der Waals surface area contributed by atoms with E-state index < -0.39 is 11.4 Å². The minimum absolute atomic E-state index is 0.269. The number of rotatable bonds is 6. The average molecular weight is 185 g/mol. The Kier molecular flexibility index (Phi) is 3.31. The Morgan fingerprint density at radius 3 is 2.54 bits per heavy atom. The number of aliphatic carboxylic acids is 1. The summed E-state index contributed by atoms with van der Waals surface area (Å²) in [6, 6.07) is 0. The van der Waals surface area contributed by atoms with Crippen molar-refractivity contribution in [1.82, 2.24) is 0 Å². The second-order valence-electron chi connectivity index (χ2n) is 4.13. The van der Waals surface area contributed by atoms with Crippen LogP contribution in [0.15, 0.2) is 0 Å². The highest BCUT2D eigenvalue weighted by Crippen LogP contribution is 2.38. The highest BCUT2D eigenvalue weighted by molar-refractivity contribution is 5.74. The molecule has 0 saturated heterocycles. The maximum atomic E-state index is 11.0. The molecule has 0 radical (unpaired) electrons. The molecule has 1 aliphatic rings. The van der Waals surface area contributed by atoms with Crippen LogP contribution in [0.4, 0.5) is 0 Å². The van der Waals surface area contributed by atoms with E-state index in [-0.39, 0.29) is 6.54 Å². The molecule has 0 heterocycles. The molecule has 0 aliphatic heterocycles. The lowest BCUT2D eigenvalue weighted by molar-refractivity contribution is -0.149. The fraction of sp³-hybridized carbons (Fsp3) is 0.900. The zero-order valence-corrected chi connectivity index (χ0v) is 8.25. The van der Waals surface area contributed by atoms with Gasteiger partial charge in [0.15, 0.2) is 0 Å². The topological polar surface area (TPSA) is 63.3 Å². The third kappa shape index (κ3) is 2.44. The molecule has 13 heavy (non-hydrogen) atoms. The van der Waals surface area contributed by atoms with Crippen LogP contribution >= 0.6 is 0 Å². The third-order valence-corrected chi connectivity index (χ3v) is 3.25. The number of carboxylic acids is 1. The van der Waals surface area contributed by atoms with Gasteiger partial charge in [0.25, 0.3) is 0 Å². The van der Waals surface area contributed by atoms with Crippen LogP contribution in [0, 0.1) is 11.3 Å². The van der Waals surface area contributed by atoms with Gasteiger partial charge in [-0.25, -0.2) is 0 Å². The van der Waals surface area contributed by atoms with Crippen LogP contribution in [-0.4, -0.2) is 17.6 Å². The molecule has 76 valence electrons. The van der Waals surface area contributed by atoms with Crippen LogP contribution in [-0.2, 0) is 4.79 Å². The van der Waals surface area contributed by atoms with Gasteiger partial charge in [0.1, 0.15) is 0 Å². The molecular formula is C10H19NO2. The van der Waals surface area contributed by atoms with Crippen LogP contribution < -0.4 is 5.73 Å². The first-order valence-electron chi connectivity index (χ1n) is 5.08. The molecule has 1 rings (SSSR count). The number of carboxylic acid groups (broad SMARTS) is 1. The van der Waals surface area contributed by atoms with Crippen molar-refractivity contribution in [2.24, 2.45) is 17.1 Å². The molecule has 0 bridgehead atoms. The quantitative estimate of drug-likeness (QED) is 0.661. The van der Waals surface area contributed by atoms with E-state index in [1.54, 1.807) is 0 Å². The van der Waals surface area contributed by atoms with E-state index in [1.165, 1.54) is 12.8 Å². The number of hydrogen-bond acceptors (Lipinski definition) is 2. The monoisotopic (exact) mass is 185 g/mol.